The maximum Gasteiger partial charge on any atom is 0.140 e. The maximum atomic E-state index is 4.63. The van der Waals surface area contributed by atoms with Gasteiger partial charge in [0.05, 0.1) is 11.0 Å². The number of aromatic nitrogens is 3. The number of hydrogen-bond acceptors (Lipinski definition) is 4. The van der Waals surface area contributed by atoms with Gasteiger partial charge in [0, 0.05) is 18.3 Å². The molecule has 1 aromatic carbocycles. The molecule has 0 radical (unpaired) electrons. The van der Waals surface area contributed by atoms with Crippen LogP contribution in [0.3, 0.4) is 0 Å². The third kappa shape index (κ3) is 4.05. The fourth-order valence-electron chi connectivity index (χ4n) is 3.69. The second-order valence-corrected chi connectivity index (χ2v) is 7.35. The van der Waals surface area contributed by atoms with Crippen LogP contribution in [0, 0.1) is 5.92 Å². The number of benzene rings is 1. The van der Waals surface area contributed by atoms with Crippen LogP contribution in [0.5, 0.6) is 0 Å². The number of nitrogens with zero attached hydrogens (tertiary/aromatic N) is 3. The minimum atomic E-state index is 0.868. The van der Waals surface area contributed by atoms with E-state index >= 15 is 0 Å². The van der Waals surface area contributed by atoms with Crippen molar-refractivity contribution in [2.24, 2.45) is 5.92 Å². The van der Waals surface area contributed by atoms with Gasteiger partial charge in [0.15, 0.2) is 0 Å². The molecule has 1 aliphatic rings. The van der Waals surface area contributed by atoms with Crippen LogP contribution < -0.4 is 5.32 Å². The minimum Gasteiger partial charge on any atom is -0.370 e. The van der Waals surface area contributed by atoms with Gasteiger partial charge in [0.25, 0.3) is 0 Å². The zero-order valence-corrected chi connectivity index (χ0v) is 15.4. The Hall–Kier alpha value is -2.40. The van der Waals surface area contributed by atoms with E-state index in [0.29, 0.717) is 0 Å². The first-order valence-corrected chi connectivity index (χ1v) is 9.61. The van der Waals surface area contributed by atoms with Gasteiger partial charge in [-0.2, -0.15) is 0 Å². The van der Waals surface area contributed by atoms with Crippen LogP contribution in [0.15, 0.2) is 42.6 Å². The van der Waals surface area contributed by atoms with E-state index in [4.69, 9.17) is 0 Å². The number of nitrogens with one attached hydrogen (secondary N) is 2. The van der Waals surface area contributed by atoms with Crippen LogP contribution in [0.1, 0.15) is 25.7 Å². The quantitative estimate of drug-likeness (QED) is 0.656. The van der Waals surface area contributed by atoms with Gasteiger partial charge in [-0.05, 0) is 76.0 Å². The Morgan fingerprint density at radius 1 is 1.15 bits per heavy atom. The summed E-state index contributed by atoms with van der Waals surface area (Å²) in [5.74, 6) is 2.71. The highest BCUT2D eigenvalue weighted by atomic mass is 15.1. The van der Waals surface area contributed by atoms with Crippen molar-refractivity contribution in [1.29, 1.82) is 0 Å². The van der Waals surface area contributed by atoms with Crippen molar-refractivity contribution in [3.05, 3.63) is 42.6 Å². The minimum absolute atomic E-state index is 0.868. The lowest BCUT2D eigenvalue weighted by molar-refractivity contribution is 0.211. The van der Waals surface area contributed by atoms with E-state index < -0.39 is 0 Å². The zero-order valence-electron chi connectivity index (χ0n) is 15.4. The fourth-order valence-corrected chi connectivity index (χ4v) is 3.69. The van der Waals surface area contributed by atoms with Gasteiger partial charge in [0.2, 0.25) is 0 Å². The number of pyridine rings is 1. The summed E-state index contributed by atoms with van der Waals surface area (Å²) in [5, 5.41) is 3.45. The number of anilines is 1. The molecule has 3 aromatic rings. The van der Waals surface area contributed by atoms with E-state index in [1.807, 2.05) is 36.5 Å². The number of likely N-dealkylation sites (tertiary alicyclic amines) is 1. The van der Waals surface area contributed by atoms with Crippen LogP contribution in [0.2, 0.25) is 0 Å². The zero-order chi connectivity index (χ0) is 17.8. The lowest BCUT2D eigenvalue weighted by Gasteiger charge is -2.28. The molecule has 0 saturated carbocycles. The predicted octanol–water partition coefficient (Wildman–Crippen LogP) is 4.16. The van der Waals surface area contributed by atoms with Gasteiger partial charge in [0.1, 0.15) is 11.6 Å². The van der Waals surface area contributed by atoms with Crippen LogP contribution >= 0.6 is 0 Å². The third-order valence-corrected chi connectivity index (χ3v) is 5.36. The molecule has 1 saturated heterocycles. The number of aromatic amines is 1. The average molecular weight is 349 g/mol. The number of hydrogen-bond donors (Lipinski definition) is 2. The van der Waals surface area contributed by atoms with Crippen molar-refractivity contribution in [2.75, 3.05) is 32.0 Å². The number of fused-ring (bicyclic) bond motifs is 1. The predicted molar refractivity (Wildman–Crippen MR) is 107 cm³/mol. The summed E-state index contributed by atoms with van der Waals surface area (Å²) >= 11 is 0. The third-order valence-electron chi connectivity index (χ3n) is 5.36. The highest BCUT2D eigenvalue weighted by Gasteiger charge is 2.15. The first-order valence-electron chi connectivity index (χ1n) is 9.61. The first kappa shape index (κ1) is 17.0. The topological polar surface area (TPSA) is 56.8 Å². The van der Waals surface area contributed by atoms with E-state index in [-0.39, 0.29) is 0 Å². The van der Waals surface area contributed by atoms with Gasteiger partial charge >= 0.3 is 0 Å². The molecule has 2 aromatic heterocycles. The van der Waals surface area contributed by atoms with E-state index in [2.05, 4.69) is 38.3 Å². The SMILES string of the molecule is CN1CCC(CCCNc2ccc(-c3nc4ccccc4[nH]3)cn2)CC1. The number of para-hydroxylation sites is 2. The second kappa shape index (κ2) is 7.87. The highest BCUT2D eigenvalue weighted by Crippen LogP contribution is 2.22. The van der Waals surface area contributed by atoms with Crippen LogP contribution in [-0.2, 0) is 0 Å². The van der Waals surface area contributed by atoms with Crippen LogP contribution in [-0.4, -0.2) is 46.5 Å². The number of H-pyrrole nitrogens is 1. The molecular formula is C21H27N5. The Balaban J connectivity index is 1.28. The Morgan fingerprint density at radius 2 is 2.00 bits per heavy atom. The molecule has 4 rings (SSSR count). The van der Waals surface area contributed by atoms with Gasteiger partial charge in [-0.3, -0.25) is 0 Å². The summed E-state index contributed by atoms with van der Waals surface area (Å²) < 4.78 is 0. The number of piperidine rings is 1. The molecular weight excluding hydrogens is 322 g/mol. The molecule has 26 heavy (non-hydrogen) atoms. The molecule has 1 aliphatic heterocycles. The van der Waals surface area contributed by atoms with Crippen molar-refractivity contribution in [3.63, 3.8) is 0 Å². The molecule has 5 nitrogen and oxygen atoms in total. The van der Waals surface area contributed by atoms with E-state index in [1.54, 1.807) is 0 Å². The van der Waals surface area contributed by atoms with E-state index in [9.17, 15) is 0 Å². The van der Waals surface area contributed by atoms with Crippen LogP contribution in [0.25, 0.3) is 22.4 Å². The molecule has 0 atom stereocenters. The van der Waals surface area contributed by atoms with Crippen molar-refractivity contribution in [1.82, 2.24) is 19.9 Å². The van der Waals surface area contributed by atoms with Gasteiger partial charge in [-0.25, -0.2) is 9.97 Å². The molecule has 0 spiro atoms. The molecule has 3 heterocycles. The Bertz CT molecular complexity index is 798. The molecule has 136 valence electrons. The lowest BCUT2D eigenvalue weighted by atomic mass is 9.92. The molecule has 0 bridgehead atoms. The standard InChI is InChI=1S/C21H27N5/c1-26-13-10-16(11-14-26)5-4-12-22-20-9-8-17(15-23-20)21-24-18-6-2-3-7-19(18)25-21/h2-3,6-9,15-16H,4-5,10-14H2,1H3,(H,22,23)(H,24,25). The Kier molecular flexibility index (Phi) is 5.16. The van der Waals surface area contributed by atoms with Gasteiger partial charge in [-0.15, -0.1) is 0 Å². The van der Waals surface area contributed by atoms with Crippen molar-refractivity contribution < 1.29 is 0 Å². The fraction of sp³-hybridized carbons (Fsp3) is 0.429. The van der Waals surface area contributed by atoms with Gasteiger partial charge in [-0.1, -0.05) is 12.1 Å². The van der Waals surface area contributed by atoms with E-state index in [0.717, 1.165) is 40.7 Å². The van der Waals surface area contributed by atoms with Gasteiger partial charge < -0.3 is 15.2 Å². The monoisotopic (exact) mass is 349 g/mol. The largest absolute Gasteiger partial charge is 0.370 e. The summed E-state index contributed by atoms with van der Waals surface area (Å²) in [6.07, 6.45) is 7.11. The smallest absolute Gasteiger partial charge is 0.140 e. The molecule has 1 fully saturated rings. The molecule has 5 heteroatoms. The van der Waals surface area contributed by atoms with Crippen molar-refractivity contribution in [3.8, 4) is 11.4 Å². The summed E-state index contributed by atoms with van der Waals surface area (Å²) in [6.45, 7) is 3.50. The molecule has 2 N–H and O–H groups in total. The van der Waals surface area contributed by atoms with Crippen molar-refractivity contribution in [2.45, 2.75) is 25.7 Å². The van der Waals surface area contributed by atoms with E-state index in [1.165, 1.54) is 38.8 Å². The second-order valence-electron chi connectivity index (χ2n) is 7.35. The maximum absolute atomic E-state index is 4.63. The summed E-state index contributed by atoms with van der Waals surface area (Å²) in [4.78, 5) is 14.9. The Morgan fingerprint density at radius 3 is 2.77 bits per heavy atom. The number of rotatable bonds is 6. The normalized spacial score (nSPS) is 16.2. The van der Waals surface area contributed by atoms with Crippen LogP contribution in [0.4, 0.5) is 5.82 Å². The summed E-state index contributed by atoms with van der Waals surface area (Å²) in [5.41, 5.74) is 3.05. The Labute approximate surface area is 154 Å². The first-order chi connectivity index (χ1) is 12.8. The molecule has 0 amide bonds. The number of imidazole rings is 1. The van der Waals surface area contributed by atoms with Crippen molar-refractivity contribution >= 4 is 16.9 Å². The summed E-state index contributed by atoms with van der Waals surface area (Å²) in [7, 11) is 2.22. The highest BCUT2D eigenvalue weighted by molar-refractivity contribution is 5.79. The summed E-state index contributed by atoms with van der Waals surface area (Å²) in [6, 6.07) is 12.2. The molecule has 0 unspecified atom stereocenters. The lowest BCUT2D eigenvalue weighted by Crippen LogP contribution is -2.30. The molecule has 0 aliphatic carbocycles. The average Bonchev–Trinajstić information content (AvgIpc) is 3.11.